The maximum absolute atomic E-state index is 12.9. The summed E-state index contributed by atoms with van der Waals surface area (Å²) >= 11 is 1.85. The summed E-state index contributed by atoms with van der Waals surface area (Å²) < 4.78 is 11.1. The highest BCUT2D eigenvalue weighted by Crippen LogP contribution is 2.31. The van der Waals surface area contributed by atoms with E-state index in [9.17, 15) is 4.79 Å². The summed E-state index contributed by atoms with van der Waals surface area (Å²) in [5, 5.41) is 4.99. The molecule has 2 aromatic heterocycles. The lowest BCUT2D eigenvalue weighted by atomic mass is 10.1. The number of aryl methyl sites for hydroxylation is 1. The minimum atomic E-state index is -0.0110. The van der Waals surface area contributed by atoms with Gasteiger partial charge in [-0.05, 0) is 31.2 Å². The Bertz CT molecular complexity index is 870. The van der Waals surface area contributed by atoms with Gasteiger partial charge in [0, 0.05) is 23.4 Å². The molecular weight excluding hydrogens is 324 g/mol. The number of para-hydroxylation sites is 1. The molecule has 4 rings (SSSR count). The lowest BCUT2D eigenvalue weighted by Gasteiger charge is -2.34. The van der Waals surface area contributed by atoms with Crippen molar-refractivity contribution in [1.29, 1.82) is 0 Å². The van der Waals surface area contributed by atoms with Crippen LogP contribution < -0.4 is 0 Å². The van der Waals surface area contributed by atoms with Gasteiger partial charge in [-0.3, -0.25) is 4.79 Å². The van der Waals surface area contributed by atoms with Crippen molar-refractivity contribution < 1.29 is 13.7 Å². The molecule has 3 heterocycles. The number of carbonyl (C=O) groups is 1. The van der Waals surface area contributed by atoms with Gasteiger partial charge in [0.15, 0.2) is 5.58 Å². The van der Waals surface area contributed by atoms with Gasteiger partial charge in [-0.1, -0.05) is 17.3 Å². The fourth-order valence-corrected chi connectivity index (χ4v) is 4.14. The van der Waals surface area contributed by atoms with E-state index in [1.165, 1.54) is 0 Å². The average molecular weight is 342 g/mol. The molecule has 6 heteroatoms. The van der Waals surface area contributed by atoms with Crippen LogP contribution in [0.4, 0.5) is 0 Å². The van der Waals surface area contributed by atoms with Gasteiger partial charge in [0.2, 0.25) is 5.91 Å². The van der Waals surface area contributed by atoms with Gasteiger partial charge in [0.1, 0.15) is 17.2 Å². The number of thioether (sulfide) groups is 1. The maximum atomic E-state index is 12.9. The molecule has 0 unspecified atom stereocenters. The van der Waals surface area contributed by atoms with Crippen LogP contribution in [0.25, 0.3) is 11.0 Å². The first-order chi connectivity index (χ1) is 11.7. The Labute approximate surface area is 144 Å². The molecule has 24 heavy (non-hydrogen) atoms. The van der Waals surface area contributed by atoms with Crippen molar-refractivity contribution >= 4 is 28.6 Å². The van der Waals surface area contributed by atoms with Gasteiger partial charge in [-0.25, -0.2) is 0 Å². The highest BCUT2D eigenvalue weighted by molar-refractivity contribution is 7.99. The predicted octanol–water partition coefficient (Wildman–Crippen LogP) is 3.59. The first-order valence-electron chi connectivity index (χ1n) is 7.99. The molecule has 0 aliphatic carbocycles. The second-order valence-corrected chi connectivity index (χ2v) is 7.08. The molecule has 1 aliphatic heterocycles. The lowest BCUT2D eigenvalue weighted by molar-refractivity contribution is -0.132. The van der Waals surface area contributed by atoms with Crippen LogP contribution in [0.15, 0.2) is 45.3 Å². The van der Waals surface area contributed by atoms with Gasteiger partial charge in [0.25, 0.3) is 0 Å². The molecule has 124 valence electrons. The van der Waals surface area contributed by atoms with Crippen LogP contribution in [0.5, 0.6) is 0 Å². The molecule has 1 atom stereocenters. The molecule has 1 fully saturated rings. The Hall–Kier alpha value is -2.21. The largest absolute Gasteiger partial charge is 0.464 e. The van der Waals surface area contributed by atoms with Crippen molar-refractivity contribution in [3.63, 3.8) is 0 Å². The molecule has 1 saturated heterocycles. The van der Waals surface area contributed by atoms with Crippen molar-refractivity contribution in [2.45, 2.75) is 19.4 Å². The summed E-state index contributed by atoms with van der Waals surface area (Å²) in [6.07, 6.45) is 0.248. The summed E-state index contributed by atoms with van der Waals surface area (Å²) in [6, 6.07) is 11.5. The summed E-state index contributed by atoms with van der Waals surface area (Å²) in [4.78, 5) is 14.8. The van der Waals surface area contributed by atoms with Crippen LogP contribution >= 0.6 is 11.8 Å². The van der Waals surface area contributed by atoms with E-state index in [0.717, 1.165) is 35.0 Å². The third-order valence-electron chi connectivity index (χ3n) is 4.31. The Morgan fingerprint density at radius 2 is 2.21 bits per heavy atom. The zero-order valence-corrected chi connectivity index (χ0v) is 14.2. The van der Waals surface area contributed by atoms with E-state index in [-0.39, 0.29) is 18.4 Å². The van der Waals surface area contributed by atoms with Gasteiger partial charge in [-0.15, -0.1) is 0 Å². The number of aromatic nitrogens is 1. The Kier molecular flexibility index (Phi) is 4.06. The second kappa shape index (κ2) is 6.36. The molecular formula is C18H18N2O3S. The van der Waals surface area contributed by atoms with Crippen LogP contribution in [0.3, 0.4) is 0 Å². The van der Waals surface area contributed by atoms with E-state index in [2.05, 4.69) is 5.16 Å². The minimum absolute atomic E-state index is 0.0110. The molecule has 1 amide bonds. The van der Waals surface area contributed by atoms with E-state index >= 15 is 0 Å². The monoisotopic (exact) mass is 342 g/mol. The standard InChI is InChI=1S/C18H18N2O3S/c1-12-6-7-17(22-12)15-11-24-9-8-20(15)18(21)10-14-13-4-2-3-5-16(13)23-19-14/h2-7,15H,8-11H2,1H3/t15-/m0/s1. The second-order valence-electron chi connectivity index (χ2n) is 5.93. The summed E-state index contributed by atoms with van der Waals surface area (Å²) in [5.74, 6) is 3.60. The zero-order chi connectivity index (χ0) is 16.5. The fourth-order valence-electron chi connectivity index (χ4n) is 3.08. The Morgan fingerprint density at radius 3 is 3.04 bits per heavy atom. The SMILES string of the molecule is Cc1ccc([C@@H]2CSCCN2C(=O)Cc2noc3ccccc23)o1. The Balaban J connectivity index is 1.57. The van der Waals surface area contributed by atoms with E-state index in [1.54, 1.807) is 0 Å². The minimum Gasteiger partial charge on any atom is -0.464 e. The number of amides is 1. The number of rotatable bonds is 3. The van der Waals surface area contributed by atoms with E-state index in [0.29, 0.717) is 11.3 Å². The fraction of sp³-hybridized carbons (Fsp3) is 0.333. The molecule has 0 saturated carbocycles. The number of hydrogen-bond acceptors (Lipinski definition) is 5. The van der Waals surface area contributed by atoms with Crippen LogP contribution in [-0.4, -0.2) is 34.0 Å². The van der Waals surface area contributed by atoms with Gasteiger partial charge < -0.3 is 13.8 Å². The third-order valence-corrected chi connectivity index (χ3v) is 5.33. The van der Waals surface area contributed by atoms with E-state index < -0.39 is 0 Å². The smallest absolute Gasteiger partial charge is 0.229 e. The zero-order valence-electron chi connectivity index (χ0n) is 13.4. The van der Waals surface area contributed by atoms with Crippen LogP contribution in [0.1, 0.15) is 23.3 Å². The molecule has 3 aromatic rings. The van der Waals surface area contributed by atoms with E-state index in [4.69, 9.17) is 8.94 Å². The van der Waals surface area contributed by atoms with E-state index in [1.807, 2.05) is 60.0 Å². The number of nitrogens with zero attached hydrogens (tertiary/aromatic N) is 2. The molecule has 5 nitrogen and oxygen atoms in total. The number of carbonyl (C=O) groups excluding carboxylic acids is 1. The summed E-state index contributed by atoms with van der Waals surface area (Å²) in [7, 11) is 0. The predicted molar refractivity (Wildman–Crippen MR) is 92.9 cm³/mol. The van der Waals surface area contributed by atoms with Crippen molar-refractivity contribution in [3.8, 4) is 0 Å². The van der Waals surface area contributed by atoms with Crippen molar-refractivity contribution in [1.82, 2.24) is 10.1 Å². The van der Waals surface area contributed by atoms with Crippen molar-refractivity contribution in [2.75, 3.05) is 18.1 Å². The van der Waals surface area contributed by atoms with Gasteiger partial charge in [-0.2, -0.15) is 11.8 Å². The first kappa shape index (κ1) is 15.3. The molecule has 0 N–H and O–H groups in total. The topological polar surface area (TPSA) is 59.5 Å². The highest BCUT2D eigenvalue weighted by atomic mass is 32.2. The first-order valence-corrected chi connectivity index (χ1v) is 9.14. The third kappa shape index (κ3) is 2.82. The highest BCUT2D eigenvalue weighted by Gasteiger charge is 2.31. The van der Waals surface area contributed by atoms with Gasteiger partial charge >= 0.3 is 0 Å². The van der Waals surface area contributed by atoms with Crippen LogP contribution in [0.2, 0.25) is 0 Å². The number of furan rings is 1. The average Bonchev–Trinajstić information content (AvgIpc) is 3.22. The molecule has 0 radical (unpaired) electrons. The number of benzene rings is 1. The van der Waals surface area contributed by atoms with Gasteiger partial charge in [0.05, 0.1) is 12.5 Å². The van der Waals surface area contributed by atoms with Crippen LogP contribution in [-0.2, 0) is 11.2 Å². The van der Waals surface area contributed by atoms with Crippen LogP contribution in [0, 0.1) is 6.92 Å². The van der Waals surface area contributed by atoms with Crippen molar-refractivity contribution in [2.24, 2.45) is 0 Å². The lowest BCUT2D eigenvalue weighted by Crippen LogP contribution is -2.41. The van der Waals surface area contributed by atoms with Crippen molar-refractivity contribution in [3.05, 3.63) is 53.6 Å². The molecule has 0 bridgehead atoms. The number of hydrogen-bond donors (Lipinski definition) is 0. The summed E-state index contributed by atoms with van der Waals surface area (Å²) in [6.45, 7) is 2.65. The summed E-state index contributed by atoms with van der Waals surface area (Å²) in [5.41, 5.74) is 1.41. The molecule has 0 spiro atoms. The Morgan fingerprint density at radius 1 is 1.33 bits per heavy atom. The quantitative estimate of drug-likeness (QED) is 0.728. The maximum Gasteiger partial charge on any atom is 0.229 e. The molecule has 1 aromatic carbocycles. The normalized spacial score (nSPS) is 18.2. The number of fused-ring (bicyclic) bond motifs is 1. The molecule has 1 aliphatic rings.